The molecule has 1 aliphatic rings. The molecule has 1 aliphatic heterocycles. The highest BCUT2D eigenvalue weighted by Crippen LogP contribution is 2.16. The number of anilines is 2. The van der Waals surface area contributed by atoms with E-state index in [-0.39, 0.29) is 18.1 Å². The second-order valence-electron chi connectivity index (χ2n) is 3.61. The summed E-state index contributed by atoms with van der Waals surface area (Å²) in [4.78, 5) is 14.1. The summed E-state index contributed by atoms with van der Waals surface area (Å²) in [7, 11) is 1.50. The van der Waals surface area contributed by atoms with E-state index in [1.807, 2.05) is 11.8 Å². The third-order valence-electron chi connectivity index (χ3n) is 2.33. The van der Waals surface area contributed by atoms with E-state index in [4.69, 9.17) is 15.2 Å². The third kappa shape index (κ3) is 2.30. The number of methoxy groups -OCH3 is 1. The van der Waals surface area contributed by atoms with Crippen LogP contribution >= 0.6 is 0 Å². The Morgan fingerprint density at radius 3 is 2.94 bits per heavy atom. The van der Waals surface area contributed by atoms with Gasteiger partial charge in [0.15, 0.2) is 0 Å². The van der Waals surface area contributed by atoms with E-state index >= 15 is 0 Å². The van der Waals surface area contributed by atoms with Crippen LogP contribution in [-0.2, 0) is 4.74 Å². The number of nitrogens with zero attached hydrogens (tertiary/aromatic N) is 4. The Labute approximate surface area is 93.6 Å². The van der Waals surface area contributed by atoms with Crippen molar-refractivity contribution < 1.29 is 9.47 Å². The molecular weight excluding hydrogens is 210 g/mol. The van der Waals surface area contributed by atoms with Crippen molar-refractivity contribution in [1.29, 1.82) is 0 Å². The number of aromatic nitrogens is 3. The summed E-state index contributed by atoms with van der Waals surface area (Å²) < 4.78 is 10.4. The van der Waals surface area contributed by atoms with E-state index < -0.39 is 0 Å². The molecule has 0 aromatic carbocycles. The molecule has 0 aliphatic carbocycles. The molecule has 0 amide bonds. The van der Waals surface area contributed by atoms with Gasteiger partial charge in [-0.3, -0.25) is 0 Å². The summed E-state index contributed by atoms with van der Waals surface area (Å²) >= 11 is 0. The summed E-state index contributed by atoms with van der Waals surface area (Å²) in [5, 5.41) is 0. The van der Waals surface area contributed by atoms with Gasteiger partial charge in [0.1, 0.15) is 0 Å². The van der Waals surface area contributed by atoms with Gasteiger partial charge in [0.25, 0.3) is 0 Å². The van der Waals surface area contributed by atoms with Crippen LogP contribution < -0.4 is 15.4 Å². The first kappa shape index (κ1) is 10.9. The lowest BCUT2D eigenvalue weighted by molar-refractivity contribution is 0.0526. The summed E-state index contributed by atoms with van der Waals surface area (Å²) in [6.07, 6.45) is 0.165. The monoisotopic (exact) mass is 225 g/mol. The summed E-state index contributed by atoms with van der Waals surface area (Å²) in [5.41, 5.74) is 5.58. The molecule has 1 aromatic rings. The highest BCUT2D eigenvalue weighted by Gasteiger charge is 2.20. The zero-order chi connectivity index (χ0) is 11.5. The van der Waals surface area contributed by atoms with Crippen LogP contribution in [0.3, 0.4) is 0 Å². The van der Waals surface area contributed by atoms with Crippen LogP contribution in [0, 0.1) is 0 Å². The Bertz CT molecular complexity index is 373. The second kappa shape index (κ2) is 4.48. The standard InChI is InChI=1S/C9H15N5O2/c1-6-5-14(3-4-16-6)8-11-7(10)12-9(13-8)15-2/h6H,3-5H2,1-2H3,(H2,10,11,12,13). The van der Waals surface area contributed by atoms with E-state index in [0.717, 1.165) is 13.1 Å². The average Bonchev–Trinajstić information content (AvgIpc) is 2.28. The molecule has 1 atom stereocenters. The normalized spacial score (nSPS) is 20.9. The first-order valence-corrected chi connectivity index (χ1v) is 5.11. The van der Waals surface area contributed by atoms with Crippen LogP contribution in [0.2, 0.25) is 0 Å². The molecule has 0 radical (unpaired) electrons. The smallest absolute Gasteiger partial charge is 0.322 e. The van der Waals surface area contributed by atoms with Gasteiger partial charge in [0, 0.05) is 13.1 Å². The van der Waals surface area contributed by atoms with Crippen molar-refractivity contribution >= 4 is 11.9 Å². The molecular formula is C9H15N5O2. The lowest BCUT2D eigenvalue weighted by atomic mass is 10.3. The molecule has 0 bridgehead atoms. The van der Waals surface area contributed by atoms with E-state index in [1.165, 1.54) is 7.11 Å². The largest absolute Gasteiger partial charge is 0.467 e. The number of ether oxygens (including phenoxy) is 2. The first-order valence-electron chi connectivity index (χ1n) is 5.11. The van der Waals surface area contributed by atoms with Gasteiger partial charge >= 0.3 is 6.01 Å². The van der Waals surface area contributed by atoms with Gasteiger partial charge in [0.05, 0.1) is 19.8 Å². The fourth-order valence-electron chi connectivity index (χ4n) is 1.59. The summed E-state index contributed by atoms with van der Waals surface area (Å²) in [6.45, 7) is 4.16. The van der Waals surface area contributed by atoms with Crippen LogP contribution in [-0.4, -0.2) is 47.9 Å². The summed E-state index contributed by atoms with van der Waals surface area (Å²) in [5.74, 6) is 0.709. The molecule has 0 saturated carbocycles. The van der Waals surface area contributed by atoms with Gasteiger partial charge in [-0.15, -0.1) is 0 Å². The Morgan fingerprint density at radius 2 is 2.25 bits per heavy atom. The van der Waals surface area contributed by atoms with Gasteiger partial charge < -0.3 is 20.1 Å². The molecule has 2 rings (SSSR count). The van der Waals surface area contributed by atoms with Crippen molar-refractivity contribution in [1.82, 2.24) is 15.0 Å². The second-order valence-corrected chi connectivity index (χ2v) is 3.61. The van der Waals surface area contributed by atoms with Crippen LogP contribution in [0.15, 0.2) is 0 Å². The van der Waals surface area contributed by atoms with Gasteiger partial charge in [-0.05, 0) is 6.92 Å². The Kier molecular flexibility index (Phi) is 3.04. The molecule has 2 N–H and O–H groups in total. The molecule has 88 valence electrons. The molecule has 7 heteroatoms. The van der Waals surface area contributed by atoms with E-state index in [0.29, 0.717) is 12.6 Å². The minimum atomic E-state index is 0.165. The Hall–Kier alpha value is -1.63. The minimum Gasteiger partial charge on any atom is -0.467 e. The van der Waals surface area contributed by atoms with E-state index in [9.17, 15) is 0 Å². The lowest BCUT2D eigenvalue weighted by Crippen LogP contribution is -2.42. The quantitative estimate of drug-likeness (QED) is 0.738. The van der Waals surface area contributed by atoms with Crippen LogP contribution in [0.25, 0.3) is 0 Å². The fraction of sp³-hybridized carbons (Fsp3) is 0.667. The van der Waals surface area contributed by atoms with Crippen molar-refractivity contribution in [3.63, 3.8) is 0 Å². The topological polar surface area (TPSA) is 86.4 Å². The van der Waals surface area contributed by atoms with Gasteiger partial charge in [0.2, 0.25) is 11.9 Å². The number of hydrogen-bond donors (Lipinski definition) is 1. The number of morpholine rings is 1. The van der Waals surface area contributed by atoms with Gasteiger partial charge in [-0.2, -0.15) is 15.0 Å². The first-order chi connectivity index (χ1) is 7.69. The predicted molar refractivity (Wildman–Crippen MR) is 58.4 cm³/mol. The zero-order valence-electron chi connectivity index (χ0n) is 9.38. The molecule has 1 fully saturated rings. The van der Waals surface area contributed by atoms with Crippen LogP contribution in [0.5, 0.6) is 6.01 Å². The number of rotatable bonds is 2. The molecule has 1 saturated heterocycles. The maximum Gasteiger partial charge on any atom is 0.322 e. The Morgan fingerprint density at radius 1 is 1.44 bits per heavy atom. The number of hydrogen-bond acceptors (Lipinski definition) is 7. The Balaban J connectivity index is 2.21. The van der Waals surface area contributed by atoms with E-state index in [2.05, 4.69) is 15.0 Å². The third-order valence-corrected chi connectivity index (χ3v) is 2.33. The van der Waals surface area contributed by atoms with Gasteiger partial charge in [-0.25, -0.2) is 0 Å². The maximum absolute atomic E-state index is 5.58. The molecule has 1 unspecified atom stereocenters. The van der Waals surface area contributed by atoms with Crippen molar-refractivity contribution in [3.05, 3.63) is 0 Å². The molecule has 7 nitrogen and oxygen atoms in total. The highest BCUT2D eigenvalue weighted by molar-refractivity contribution is 5.36. The highest BCUT2D eigenvalue weighted by atomic mass is 16.5. The molecule has 16 heavy (non-hydrogen) atoms. The fourth-order valence-corrected chi connectivity index (χ4v) is 1.59. The van der Waals surface area contributed by atoms with Crippen molar-refractivity contribution in [2.45, 2.75) is 13.0 Å². The summed E-state index contributed by atoms with van der Waals surface area (Å²) in [6, 6.07) is 0.238. The zero-order valence-corrected chi connectivity index (χ0v) is 9.38. The minimum absolute atomic E-state index is 0.165. The SMILES string of the molecule is COc1nc(N)nc(N2CCOC(C)C2)n1. The van der Waals surface area contributed by atoms with Crippen molar-refractivity contribution in [2.75, 3.05) is 37.4 Å². The molecule has 2 heterocycles. The average molecular weight is 225 g/mol. The van der Waals surface area contributed by atoms with Crippen molar-refractivity contribution in [3.8, 4) is 6.01 Å². The molecule has 1 aromatic heterocycles. The van der Waals surface area contributed by atoms with Crippen LogP contribution in [0.4, 0.5) is 11.9 Å². The lowest BCUT2D eigenvalue weighted by Gasteiger charge is -2.31. The predicted octanol–water partition coefficient (Wildman–Crippen LogP) is -0.312. The number of nitrogens with two attached hydrogens (primary N) is 1. The number of nitrogen functional groups attached to an aromatic ring is 1. The van der Waals surface area contributed by atoms with Gasteiger partial charge in [-0.1, -0.05) is 0 Å². The maximum atomic E-state index is 5.58. The van der Waals surface area contributed by atoms with Crippen LogP contribution in [0.1, 0.15) is 6.92 Å². The molecule has 0 spiro atoms. The van der Waals surface area contributed by atoms with Crippen molar-refractivity contribution in [2.24, 2.45) is 0 Å². The van der Waals surface area contributed by atoms with E-state index in [1.54, 1.807) is 0 Å².